The molecule has 0 radical (unpaired) electrons. The molecule has 0 atom stereocenters. The number of ether oxygens (including phenoxy) is 1. The molecule has 100 valence electrons. The Morgan fingerprint density at radius 1 is 1.39 bits per heavy atom. The third kappa shape index (κ3) is 5.00. The second-order valence-electron chi connectivity index (χ2n) is 5.45. The van der Waals surface area contributed by atoms with Gasteiger partial charge in [-0.3, -0.25) is 4.98 Å². The topological polar surface area (TPSA) is 47.0 Å². The van der Waals surface area contributed by atoms with Gasteiger partial charge < -0.3 is 10.1 Å². The van der Waals surface area contributed by atoms with Gasteiger partial charge in [-0.2, -0.15) is 0 Å². The molecule has 1 aromatic heterocycles. The molecular weight excluding hydrogens is 226 g/mol. The number of nitrogens with one attached hydrogen (secondary N) is 1. The lowest BCUT2D eigenvalue weighted by molar-refractivity contribution is 0.289. The quantitative estimate of drug-likeness (QED) is 0.768. The molecular formula is C14H23N3O. The summed E-state index contributed by atoms with van der Waals surface area (Å²) in [5, 5.41) is 3.35. The standard InChI is InChI=1S/C14H23N3O/c1-11(2)7-15-8-13-9-16-10-14(17-13)18-6-5-12-3-4-12/h9-12,15H,3-8H2,1-2H3. The molecule has 1 aliphatic rings. The lowest BCUT2D eigenvalue weighted by atomic mass is 10.2. The van der Waals surface area contributed by atoms with Crippen LogP contribution >= 0.6 is 0 Å². The van der Waals surface area contributed by atoms with Gasteiger partial charge in [-0.1, -0.05) is 26.7 Å². The number of nitrogens with zero attached hydrogens (tertiary/aromatic N) is 2. The SMILES string of the molecule is CC(C)CNCc1cncc(OCCC2CC2)n1. The van der Waals surface area contributed by atoms with E-state index in [0.29, 0.717) is 11.8 Å². The maximum absolute atomic E-state index is 5.62. The molecule has 0 bridgehead atoms. The van der Waals surface area contributed by atoms with Crippen molar-refractivity contribution in [3.8, 4) is 5.88 Å². The first kappa shape index (κ1) is 13.3. The third-order valence-corrected chi connectivity index (χ3v) is 2.99. The van der Waals surface area contributed by atoms with E-state index < -0.39 is 0 Å². The van der Waals surface area contributed by atoms with Crippen molar-refractivity contribution in [3.63, 3.8) is 0 Å². The highest BCUT2D eigenvalue weighted by Gasteiger charge is 2.20. The van der Waals surface area contributed by atoms with E-state index in [-0.39, 0.29) is 0 Å². The van der Waals surface area contributed by atoms with Gasteiger partial charge in [0.05, 0.1) is 18.5 Å². The Hall–Kier alpha value is -1.16. The zero-order chi connectivity index (χ0) is 12.8. The summed E-state index contributed by atoms with van der Waals surface area (Å²) in [6.07, 6.45) is 7.37. The summed E-state index contributed by atoms with van der Waals surface area (Å²) in [4.78, 5) is 8.61. The molecule has 2 rings (SSSR count). The van der Waals surface area contributed by atoms with Crippen LogP contribution in [-0.2, 0) is 6.54 Å². The van der Waals surface area contributed by atoms with Crippen LogP contribution in [0.5, 0.6) is 5.88 Å². The zero-order valence-electron chi connectivity index (χ0n) is 11.4. The van der Waals surface area contributed by atoms with Crippen LogP contribution < -0.4 is 10.1 Å². The summed E-state index contributed by atoms with van der Waals surface area (Å²) in [7, 11) is 0. The fourth-order valence-electron chi connectivity index (χ4n) is 1.77. The summed E-state index contributed by atoms with van der Waals surface area (Å²) >= 11 is 0. The normalized spacial score (nSPS) is 15.1. The van der Waals surface area contributed by atoms with E-state index in [1.807, 2.05) is 0 Å². The van der Waals surface area contributed by atoms with Gasteiger partial charge in [0.25, 0.3) is 0 Å². The van der Waals surface area contributed by atoms with E-state index in [4.69, 9.17) is 4.74 Å². The van der Waals surface area contributed by atoms with Crippen molar-refractivity contribution in [2.24, 2.45) is 11.8 Å². The fraction of sp³-hybridized carbons (Fsp3) is 0.714. The van der Waals surface area contributed by atoms with E-state index in [9.17, 15) is 0 Å². The van der Waals surface area contributed by atoms with Crippen LogP contribution in [0.1, 0.15) is 38.8 Å². The molecule has 0 amide bonds. The van der Waals surface area contributed by atoms with Crippen molar-refractivity contribution in [3.05, 3.63) is 18.1 Å². The number of aromatic nitrogens is 2. The molecule has 1 aromatic rings. The van der Waals surface area contributed by atoms with Crippen molar-refractivity contribution in [1.82, 2.24) is 15.3 Å². The molecule has 1 fully saturated rings. The first-order valence-electron chi connectivity index (χ1n) is 6.88. The first-order valence-corrected chi connectivity index (χ1v) is 6.88. The van der Waals surface area contributed by atoms with E-state index in [1.165, 1.54) is 12.8 Å². The molecule has 1 heterocycles. The molecule has 0 aliphatic heterocycles. The van der Waals surface area contributed by atoms with E-state index in [2.05, 4.69) is 29.1 Å². The largest absolute Gasteiger partial charge is 0.477 e. The van der Waals surface area contributed by atoms with Crippen LogP contribution in [-0.4, -0.2) is 23.1 Å². The van der Waals surface area contributed by atoms with Crippen LogP contribution in [0, 0.1) is 11.8 Å². The van der Waals surface area contributed by atoms with Crippen molar-refractivity contribution < 1.29 is 4.74 Å². The van der Waals surface area contributed by atoms with Gasteiger partial charge in [0.1, 0.15) is 0 Å². The molecule has 1 aliphatic carbocycles. The Labute approximate surface area is 109 Å². The van der Waals surface area contributed by atoms with E-state index in [1.54, 1.807) is 12.4 Å². The summed E-state index contributed by atoms with van der Waals surface area (Å²) in [5.41, 5.74) is 0.944. The minimum absolute atomic E-state index is 0.649. The van der Waals surface area contributed by atoms with Crippen LogP contribution in [0.3, 0.4) is 0 Å². The number of hydrogen-bond donors (Lipinski definition) is 1. The molecule has 18 heavy (non-hydrogen) atoms. The Bertz CT molecular complexity index is 341. The highest BCUT2D eigenvalue weighted by molar-refractivity contribution is 5.08. The summed E-state index contributed by atoms with van der Waals surface area (Å²) in [5.74, 6) is 2.20. The van der Waals surface area contributed by atoms with Crippen molar-refractivity contribution in [2.75, 3.05) is 13.2 Å². The fourth-order valence-corrected chi connectivity index (χ4v) is 1.77. The molecule has 0 saturated heterocycles. The number of hydrogen-bond acceptors (Lipinski definition) is 4. The van der Waals surface area contributed by atoms with Gasteiger partial charge in [0, 0.05) is 12.7 Å². The molecule has 4 heteroatoms. The first-order chi connectivity index (χ1) is 8.74. The predicted octanol–water partition coefficient (Wildman–Crippen LogP) is 2.40. The molecule has 4 nitrogen and oxygen atoms in total. The second-order valence-corrected chi connectivity index (χ2v) is 5.45. The van der Waals surface area contributed by atoms with E-state index >= 15 is 0 Å². The van der Waals surface area contributed by atoms with Gasteiger partial charge in [-0.05, 0) is 24.8 Å². The van der Waals surface area contributed by atoms with Gasteiger partial charge in [0.2, 0.25) is 5.88 Å². The highest BCUT2D eigenvalue weighted by Crippen LogP contribution is 2.32. The van der Waals surface area contributed by atoms with Crippen LogP contribution in [0.25, 0.3) is 0 Å². The van der Waals surface area contributed by atoms with Gasteiger partial charge in [-0.15, -0.1) is 0 Å². The minimum atomic E-state index is 0.649. The van der Waals surface area contributed by atoms with Crippen LogP contribution in [0.15, 0.2) is 12.4 Å². The lowest BCUT2D eigenvalue weighted by Crippen LogP contribution is -2.19. The average molecular weight is 249 g/mol. The second kappa shape index (κ2) is 6.69. The molecule has 1 saturated carbocycles. The lowest BCUT2D eigenvalue weighted by Gasteiger charge is -2.08. The third-order valence-electron chi connectivity index (χ3n) is 2.99. The van der Waals surface area contributed by atoms with Gasteiger partial charge in [0.15, 0.2) is 0 Å². The summed E-state index contributed by atoms with van der Waals surface area (Å²) < 4.78 is 5.62. The van der Waals surface area contributed by atoms with E-state index in [0.717, 1.165) is 37.7 Å². The highest BCUT2D eigenvalue weighted by atomic mass is 16.5. The molecule has 0 unspecified atom stereocenters. The van der Waals surface area contributed by atoms with Crippen molar-refractivity contribution >= 4 is 0 Å². The smallest absolute Gasteiger partial charge is 0.232 e. The predicted molar refractivity (Wildman–Crippen MR) is 71.4 cm³/mol. The Morgan fingerprint density at radius 2 is 2.22 bits per heavy atom. The molecule has 0 spiro atoms. The monoisotopic (exact) mass is 249 g/mol. The Balaban J connectivity index is 1.72. The Morgan fingerprint density at radius 3 is 2.94 bits per heavy atom. The zero-order valence-corrected chi connectivity index (χ0v) is 11.4. The number of rotatable bonds is 8. The van der Waals surface area contributed by atoms with Gasteiger partial charge >= 0.3 is 0 Å². The molecule has 1 N–H and O–H groups in total. The van der Waals surface area contributed by atoms with Crippen LogP contribution in [0.2, 0.25) is 0 Å². The van der Waals surface area contributed by atoms with Crippen LogP contribution in [0.4, 0.5) is 0 Å². The maximum atomic E-state index is 5.62. The summed E-state index contributed by atoms with van der Waals surface area (Å²) in [6.45, 7) is 6.90. The summed E-state index contributed by atoms with van der Waals surface area (Å²) in [6, 6.07) is 0. The molecule has 0 aromatic carbocycles. The Kier molecular flexibility index (Phi) is 4.93. The average Bonchev–Trinajstić information content (AvgIpc) is 3.13. The van der Waals surface area contributed by atoms with Gasteiger partial charge in [-0.25, -0.2) is 4.98 Å². The van der Waals surface area contributed by atoms with Crippen molar-refractivity contribution in [1.29, 1.82) is 0 Å². The van der Waals surface area contributed by atoms with Crippen molar-refractivity contribution in [2.45, 2.75) is 39.7 Å². The maximum Gasteiger partial charge on any atom is 0.232 e. The minimum Gasteiger partial charge on any atom is -0.477 e.